The Labute approximate surface area is 110 Å². The molecule has 0 saturated heterocycles. The van der Waals surface area contributed by atoms with Gasteiger partial charge in [-0.15, -0.1) is 11.3 Å². The van der Waals surface area contributed by atoms with Crippen molar-refractivity contribution in [2.45, 2.75) is 6.61 Å². The fourth-order valence-electron chi connectivity index (χ4n) is 1.47. The number of carbonyl (C=O) groups excluding carboxylic acids is 1. The summed E-state index contributed by atoms with van der Waals surface area (Å²) >= 11 is 1.43. The molecular weight excluding hydrogens is 248 g/mol. The summed E-state index contributed by atoms with van der Waals surface area (Å²) < 4.78 is 10.3. The zero-order valence-electron chi connectivity index (χ0n) is 10.0. The highest BCUT2D eigenvalue weighted by molar-refractivity contribution is 7.10. The molecule has 1 heterocycles. The van der Waals surface area contributed by atoms with Crippen molar-refractivity contribution in [1.82, 2.24) is 0 Å². The van der Waals surface area contributed by atoms with E-state index in [1.165, 1.54) is 11.3 Å². The molecular formula is C14H13O3S. The molecule has 0 aliphatic heterocycles. The molecule has 2 aromatic rings. The van der Waals surface area contributed by atoms with Crippen LogP contribution >= 0.6 is 11.3 Å². The third kappa shape index (κ3) is 2.90. The van der Waals surface area contributed by atoms with Gasteiger partial charge in [0, 0.05) is 4.88 Å². The third-order valence-electron chi connectivity index (χ3n) is 2.49. The minimum Gasteiger partial charge on any atom is -0.497 e. The summed E-state index contributed by atoms with van der Waals surface area (Å²) in [6.45, 7) is 4.03. The van der Waals surface area contributed by atoms with Crippen molar-refractivity contribution in [3.63, 3.8) is 0 Å². The second kappa shape index (κ2) is 5.69. The van der Waals surface area contributed by atoms with Gasteiger partial charge in [0.1, 0.15) is 12.4 Å². The molecule has 3 nitrogen and oxygen atoms in total. The van der Waals surface area contributed by atoms with E-state index in [1.54, 1.807) is 13.2 Å². The highest BCUT2D eigenvalue weighted by atomic mass is 32.1. The number of esters is 1. The van der Waals surface area contributed by atoms with Crippen molar-refractivity contribution >= 4 is 17.3 Å². The van der Waals surface area contributed by atoms with E-state index in [0.717, 1.165) is 16.2 Å². The largest absolute Gasteiger partial charge is 0.497 e. The quantitative estimate of drug-likeness (QED) is 0.792. The molecule has 4 heteroatoms. The molecule has 93 valence electrons. The second-order valence-electron chi connectivity index (χ2n) is 3.68. The number of hydrogen-bond donors (Lipinski definition) is 0. The van der Waals surface area contributed by atoms with Crippen LogP contribution in [0, 0.1) is 6.92 Å². The first-order valence-corrected chi connectivity index (χ1v) is 6.28. The number of carbonyl (C=O) groups is 1. The van der Waals surface area contributed by atoms with Gasteiger partial charge in [-0.05, 0) is 36.1 Å². The van der Waals surface area contributed by atoms with Crippen LogP contribution in [0.2, 0.25) is 0 Å². The van der Waals surface area contributed by atoms with Gasteiger partial charge < -0.3 is 9.47 Å². The van der Waals surface area contributed by atoms with Gasteiger partial charge in [0.2, 0.25) is 0 Å². The highest BCUT2D eigenvalue weighted by Crippen LogP contribution is 2.17. The summed E-state index contributed by atoms with van der Waals surface area (Å²) in [6, 6.07) is 9.13. The van der Waals surface area contributed by atoms with E-state index in [0.29, 0.717) is 5.56 Å². The predicted octanol–water partition coefficient (Wildman–Crippen LogP) is 3.30. The van der Waals surface area contributed by atoms with Crippen molar-refractivity contribution in [3.05, 3.63) is 58.6 Å². The zero-order valence-corrected chi connectivity index (χ0v) is 10.8. The Balaban J connectivity index is 1.95. The molecule has 2 rings (SSSR count). The van der Waals surface area contributed by atoms with Crippen LogP contribution in [0.5, 0.6) is 5.75 Å². The van der Waals surface area contributed by atoms with Crippen molar-refractivity contribution in [3.8, 4) is 5.75 Å². The molecule has 1 aromatic heterocycles. The van der Waals surface area contributed by atoms with E-state index in [4.69, 9.17) is 9.47 Å². The molecule has 1 aromatic carbocycles. The van der Waals surface area contributed by atoms with Crippen LogP contribution in [-0.4, -0.2) is 13.1 Å². The molecule has 0 spiro atoms. The molecule has 0 N–H and O–H groups in total. The summed E-state index contributed by atoms with van der Waals surface area (Å²) in [5, 5.41) is 1.83. The van der Waals surface area contributed by atoms with Gasteiger partial charge in [-0.2, -0.15) is 0 Å². The lowest BCUT2D eigenvalue weighted by Crippen LogP contribution is -2.05. The number of thiophene rings is 1. The fourth-order valence-corrected chi connectivity index (χ4v) is 2.12. The molecule has 18 heavy (non-hydrogen) atoms. The van der Waals surface area contributed by atoms with Gasteiger partial charge in [-0.3, -0.25) is 0 Å². The average molecular weight is 261 g/mol. The van der Waals surface area contributed by atoms with E-state index in [1.807, 2.05) is 29.6 Å². The van der Waals surface area contributed by atoms with Gasteiger partial charge in [-0.1, -0.05) is 12.1 Å². The van der Waals surface area contributed by atoms with Gasteiger partial charge in [-0.25, -0.2) is 4.79 Å². The first-order chi connectivity index (χ1) is 8.70. The summed E-state index contributed by atoms with van der Waals surface area (Å²) in [5.74, 6) is 0.444. The standard InChI is InChI=1S/C14H13O3S/c1-10-13(7-8-18-10)14(15)17-9-11-3-5-12(16-2)6-4-11/h3-8H,1,9H2,2H3. The number of rotatable bonds is 4. The number of benzene rings is 1. The number of ether oxygens (including phenoxy) is 2. The van der Waals surface area contributed by atoms with Gasteiger partial charge in [0.05, 0.1) is 12.7 Å². The Hall–Kier alpha value is -1.81. The molecule has 0 unspecified atom stereocenters. The molecule has 0 bridgehead atoms. The van der Waals surface area contributed by atoms with Gasteiger partial charge in [0.15, 0.2) is 0 Å². The van der Waals surface area contributed by atoms with Crippen LogP contribution in [0.25, 0.3) is 0 Å². The molecule has 1 radical (unpaired) electrons. The fraction of sp³-hybridized carbons (Fsp3) is 0.143. The van der Waals surface area contributed by atoms with Crippen LogP contribution in [0.3, 0.4) is 0 Å². The van der Waals surface area contributed by atoms with Crippen molar-refractivity contribution in [2.24, 2.45) is 0 Å². The predicted molar refractivity (Wildman–Crippen MR) is 70.9 cm³/mol. The lowest BCUT2D eigenvalue weighted by molar-refractivity contribution is 0.0473. The number of hydrogen-bond acceptors (Lipinski definition) is 4. The van der Waals surface area contributed by atoms with Crippen molar-refractivity contribution in [2.75, 3.05) is 7.11 Å². The van der Waals surface area contributed by atoms with Gasteiger partial charge in [0.25, 0.3) is 0 Å². The highest BCUT2D eigenvalue weighted by Gasteiger charge is 2.11. The summed E-state index contributed by atoms with van der Waals surface area (Å²) in [7, 11) is 1.61. The maximum absolute atomic E-state index is 11.7. The van der Waals surface area contributed by atoms with Crippen molar-refractivity contribution < 1.29 is 14.3 Å². The Morgan fingerprint density at radius 3 is 2.56 bits per heavy atom. The van der Waals surface area contributed by atoms with Crippen molar-refractivity contribution in [1.29, 1.82) is 0 Å². The minimum atomic E-state index is -0.336. The van der Waals surface area contributed by atoms with Crippen LogP contribution in [0.4, 0.5) is 0 Å². The maximum atomic E-state index is 11.7. The molecule has 0 aliphatic rings. The maximum Gasteiger partial charge on any atom is 0.339 e. The zero-order chi connectivity index (χ0) is 13.0. The normalized spacial score (nSPS) is 10.1. The van der Waals surface area contributed by atoms with Crippen LogP contribution < -0.4 is 4.74 Å². The third-order valence-corrected chi connectivity index (χ3v) is 3.27. The second-order valence-corrected chi connectivity index (χ2v) is 4.68. The van der Waals surface area contributed by atoms with Gasteiger partial charge >= 0.3 is 5.97 Å². The summed E-state index contributed by atoms with van der Waals surface area (Å²) in [4.78, 5) is 12.5. The average Bonchev–Trinajstić information content (AvgIpc) is 2.83. The Morgan fingerprint density at radius 2 is 2.00 bits per heavy atom. The SMILES string of the molecule is [CH2]c1sccc1C(=O)OCc1ccc(OC)cc1. The van der Waals surface area contributed by atoms with E-state index in [2.05, 4.69) is 6.92 Å². The molecule has 0 atom stereocenters. The van der Waals surface area contributed by atoms with E-state index in [9.17, 15) is 4.79 Å². The first-order valence-electron chi connectivity index (χ1n) is 5.40. The Morgan fingerprint density at radius 1 is 1.28 bits per heavy atom. The Kier molecular flexibility index (Phi) is 3.99. The number of methoxy groups -OCH3 is 1. The van der Waals surface area contributed by atoms with E-state index < -0.39 is 0 Å². The Bertz CT molecular complexity index is 528. The smallest absolute Gasteiger partial charge is 0.339 e. The monoisotopic (exact) mass is 261 g/mol. The lowest BCUT2D eigenvalue weighted by Gasteiger charge is -2.05. The topological polar surface area (TPSA) is 35.5 Å². The van der Waals surface area contributed by atoms with E-state index >= 15 is 0 Å². The first kappa shape index (κ1) is 12.6. The molecule has 0 aliphatic carbocycles. The van der Waals surface area contributed by atoms with Crippen LogP contribution in [-0.2, 0) is 11.3 Å². The minimum absolute atomic E-state index is 0.248. The molecule has 0 fully saturated rings. The molecule has 0 amide bonds. The lowest BCUT2D eigenvalue weighted by atomic mass is 10.2. The van der Waals surface area contributed by atoms with E-state index in [-0.39, 0.29) is 12.6 Å². The summed E-state index contributed by atoms with van der Waals surface area (Å²) in [6.07, 6.45) is 0. The van der Waals surface area contributed by atoms with Crippen LogP contribution in [0.1, 0.15) is 20.8 Å². The summed E-state index contributed by atoms with van der Waals surface area (Å²) in [5.41, 5.74) is 1.46. The van der Waals surface area contributed by atoms with Crippen LogP contribution in [0.15, 0.2) is 35.7 Å². The molecule has 0 saturated carbocycles.